The van der Waals surface area contributed by atoms with Crippen molar-refractivity contribution in [1.29, 1.82) is 0 Å². The number of hydrogen-bond acceptors (Lipinski definition) is 3. The maximum Gasteiger partial charge on any atom is 0.276 e. The summed E-state index contributed by atoms with van der Waals surface area (Å²) in [5.74, 6) is 0.699. The van der Waals surface area contributed by atoms with E-state index in [4.69, 9.17) is 4.42 Å². The first-order chi connectivity index (χ1) is 15.3. The Balaban J connectivity index is 1.60. The Morgan fingerprint density at radius 3 is 2.75 bits per heavy atom. The Kier molecular flexibility index (Phi) is 4.91. The Morgan fingerprint density at radius 1 is 1.19 bits per heavy atom. The number of hydrogen-bond donors (Lipinski definition) is 1. The summed E-state index contributed by atoms with van der Waals surface area (Å²) in [6.45, 7) is 8.72. The molecule has 168 valence electrons. The van der Waals surface area contributed by atoms with E-state index < -0.39 is 5.54 Å². The summed E-state index contributed by atoms with van der Waals surface area (Å²) < 4.78 is 7.50. The van der Waals surface area contributed by atoms with Crippen molar-refractivity contribution in [2.24, 2.45) is 11.8 Å². The van der Waals surface area contributed by atoms with Gasteiger partial charge in [0.05, 0.1) is 18.3 Å². The van der Waals surface area contributed by atoms with E-state index in [1.807, 2.05) is 48.7 Å². The number of fused-ring (bicyclic) bond motifs is 3. The normalized spacial score (nSPS) is 28.1. The lowest BCUT2D eigenvalue weighted by molar-refractivity contribution is -0.128. The molecule has 0 spiro atoms. The van der Waals surface area contributed by atoms with E-state index in [9.17, 15) is 9.59 Å². The van der Waals surface area contributed by atoms with Crippen molar-refractivity contribution in [3.63, 3.8) is 0 Å². The highest BCUT2D eigenvalue weighted by atomic mass is 16.3. The predicted molar refractivity (Wildman–Crippen MR) is 125 cm³/mol. The van der Waals surface area contributed by atoms with Gasteiger partial charge in [-0.15, -0.1) is 0 Å². The van der Waals surface area contributed by atoms with Gasteiger partial charge >= 0.3 is 0 Å². The summed E-state index contributed by atoms with van der Waals surface area (Å²) in [6.07, 6.45) is 4.92. The molecular weight excluding hydrogens is 402 g/mol. The second kappa shape index (κ2) is 7.54. The van der Waals surface area contributed by atoms with Crippen LogP contribution in [0.2, 0.25) is 0 Å². The van der Waals surface area contributed by atoms with E-state index in [0.717, 1.165) is 29.6 Å². The molecule has 0 radical (unpaired) electrons. The Hall–Kier alpha value is -3.02. The number of nitrogens with zero attached hydrogens (tertiary/aromatic N) is 2. The summed E-state index contributed by atoms with van der Waals surface area (Å²) in [6, 6.07) is 11.5. The van der Waals surface area contributed by atoms with Gasteiger partial charge in [0.25, 0.3) is 5.91 Å². The topological polar surface area (TPSA) is 67.5 Å². The van der Waals surface area contributed by atoms with Gasteiger partial charge in [0.2, 0.25) is 5.91 Å². The van der Waals surface area contributed by atoms with Gasteiger partial charge in [0, 0.05) is 23.9 Å². The number of amides is 2. The molecule has 1 aliphatic carbocycles. The minimum atomic E-state index is -1.07. The largest absolute Gasteiger partial charge is 0.463 e. The molecule has 32 heavy (non-hydrogen) atoms. The fraction of sp³-hybridized carbons (Fsp3) is 0.462. The zero-order valence-electron chi connectivity index (χ0n) is 19.2. The molecule has 1 N–H and O–H groups in total. The van der Waals surface area contributed by atoms with Crippen LogP contribution in [0.4, 0.5) is 5.69 Å². The monoisotopic (exact) mass is 433 g/mol. The van der Waals surface area contributed by atoms with Gasteiger partial charge in [-0.1, -0.05) is 44.9 Å². The van der Waals surface area contributed by atoms with Crippen molar-refractivity contribution in [2.75, 3.05) is 4.90 Å². The van der Waals surface area contributed by atoms with E-state index >= 15 is 0 Å². The lowest BCUT2D eigenvalue weighted by Gasteiger charge is -2.46. The molecule has 3 aromatic rings. The highest BCUT2D eigenvalue weighted by Crippen LogP contribution is 2.38. The summed E-state index contributed by atoms with van der Waals surface area (Å²) in [7, 11) is 0. The van der Waals surface area contributed by atoms with Crippen molar-refractivity contribution < 1.29 is 14.0 Å². The summed E-state index contributed by atoms with van der Waals surface area (Å²) in [4.78, 5) is 29.5. The van der Waals surface area contributed by atoms with Crippen LogP contribution in [0.5, 0.6) is 0 Å². The summed E-state index contributed by atoms with van der Waals surface area (Å²) >= 11 is 0. The molecule has 2 amide bonds. The molecule has 6 nitrogen and oxygen atoms in total. The second-order valence-corrected chi connectivity index (χ2v) is 9.83. The number of nitrogens with one attached hydrogen (secondary N) is 1. The average molecular weight is 434 g/mol. The first-order valence-electron chi connectivity index (χ1n) is 11.6. The molecule has 2 aliphatic rings. The first kappa shape index (κ1) is 20.9. The maximum atomic E-state index is 13.9. The van der Waals surface area contributed by atoms with Crippen LogP contribution in [0.15, 0.2) is 47.1 Å². The van der Waals surface area contributed by atoms with Crippen molar-refractivity contribution in [3.8, 4) is 0 Å². The van der Waals surface area contributed by atoms with Crippen LogP contribution in [-0.4, -0.2) is 28.0 Å². The molecule has 1 aromatic carbocycles. The number of benzene rings is 1. The molecular formula is C26H31N3O3. The van der Waals surface area contributed by atoms with Crippen LogP contribution < -0.4 is 10.2 Å². The summed E-state index contributed by atoms with van der Waals surface area (Å²) in [5.41, 5.74) is 2.72. The standard InChI is InChI=1S/C26H31N3O3/c1-16-9-7-10-19(18(16)3)27-25(31)26(4)15-28-21-12-13-32-23(21)14-22(28)24(30)29(26)20-11-6-5-8-17(20)2/h5-6,8,11-14,16,18-19H,7,9-10,15H2,1-4H3,(H,27,31). The zero-order chi connectivity index (χ0) is 22.6. The molecule has 2 aromatic heterocycles. The summed E-state index contributed by atoms with van der Waals surface area (Å²) in [5, 5.41) is 3.34. The average Bonchev–Trinajstić information content (AvgIpc) is 3.35. The van der Waals surface area contributed by atoms with Crippen LogP contribution in [-0.2, 0) is 11.3 Å². The van der Waals surface area contributed by atoms with Gasteiger partial charge in [-0.05, 0) is 43.7 Å². The maximum absolute atomic E-state index is 13.9. The van der Waals surface area contributed by atoms with Gasteiger partial charge < -0.3 is 14.3 Å². The molecule has 4 atom stereocenters. The molecule has 1 fully saturated rings. The van der Waals surface area contributed by atoms with Gasteiger partial charge in [0.15, 0.2) is 5.58 Å². The van der Waals surface area contributed by atoms with Crippen LogP contribution in [0.1, 0.15) is 56.1 Å². The van der Waals surface area contributed by atoms with E-state index in [1.165, 1.54) is 6.42 Å². The van der Waals surface area contributed by atoms with Crippen LogP contribution in [0, 0.1) is 18.8 Å². The fourth-order valence-corrected chi connectivity index (χ4v) is 5.51. The van der Waals surface area contributed by atoms with E-state index in [2.05, 4.69) is 19.2 Å². The molecule has 1 saturated carbocycles. The predicted octanol–water partition coefficient (Wildman–Crippen LogP) is 4.90. The van der Waals surface area contributed by atoms with E-state index in [0.29, 0.717) is 29.7 Å². The van der Waals surface area contributed by atoms with Gasteiger partial charge in [-0.25, -0.2) is 0 Å². The third-order valence-electron chi connectivity index (χ3n) is 7.77. The molecule has 3 heterocycles. The molecule has 5 rings (SSSR count). The SMILES string of the molecule is Cc1ccccc1N1C(=O)c2cc3occc3n2CC1(C)C(=O)NC1CCCC(C)C1C. The lowest BCUT2D eigenvalue weighted by atomic mass is 9.77. The van der Waals surface area contributed by atoms with E-state index in [-0.39, 0.29) is 17.9 Å². The van der Waals surface area contributed by atoms with Crippen molar-refractivity contribution in [1.82, 2.24) is 9.88 Å². The minimum absolute atomic E-state index is 0.101. The molecule has 0 bridgehead atoms. The third-order valence-corrected chi connectivity index (χ3v) is 7.77. The quantitative estimate of drug-likeness (QED) is 0.639. The smallest absolute Gasteiger partial charge is 0.276 e. The number of para-hydroxylation sites is 1. The van der Waals surface area contributed by atoms with Gasteiger partial charge in [-0.3, -0.25) is 14.5 Å². The van der Waals surface area contributed by atoms with Crippen molar-refractivity contribution in [3.05, 3.63) is 53.9 Å². The number of anilines is 1. The third kappa shape index (κ3) is 3.07. The highest BCUT2D eigenvalue weighted by Gasteiger charge is 2.50. The Labute approximate surface area is 188 Å². The van der Waals surface area contributed by atoms with Crippen LogP contribution in [0.3, 0.4) is 0 Å². The van der Waals surface area contributed by atoms with Crippen molar-refractivity contribution >= 4 is 28.6 Å². The van der Waals surface area contributed by atoms with Crippen molar-refractivity contribution in [2.45, 2.75) is 65.1 Å². The highest BCUT2D eigenvalue weighted by molar-refractivity contribution is 6.14. The fourth-order valence-electron chi connectivity index (χ4n) is 5.51. The molecule has 4 unspecified atom stereocenters. The first-order valence-corrected chi connectivity index (χ1v) is 11.6. The Bertz CT molecular complexity index is 1190. The van der Waals surface area contributed by atoms with Gasteiger partial charge in [-0.2, -0.15) is 0 Å². The second-order valence-electron chi connectivity index (χ2n) is 9.83. The van der Waals surface area contributed by atoms with E-state index in [1.54, 1.807) is 17.2 Å². The number of furan rings is 1. The minimum Gasteiger partial charge on any atom is -0.463 e. The number of aryl methyl sites for hydroxylation is 1. The molecule has 0 saturated heterocycles. The Morgan fingerprint density at radius 2 is 1.97 bits per heavy atom. The zero-order valence-corrected chi connectivity index (χ0v) is 19.2. The molecule has 1 aliphatic heterocycles. The number of aromatic nitrogens is 1. The number of carbonyl (C=O) groups is 2. The van der Waals surface area contributed by atoms with Crippen LogP contribution in [0.25, 0.3) is 11.1 Å². The number of rotatable bonds is 3. The lowest BCUT2D eigenvalue weighted by Crippen LogP contribution is -2.66. The van der Waals surface area contributed by atoms with Crippen LogP contribution >= 0.6 is 0 Å². The molecule has 6 heteroatoms. The van der Waals surface area contributed by atoms with Gasteiger partial charge in [0.1, 0.15) is 11.2 Å². The number of carbonyl (C=O) groups excluding carboxylic acids is 2.